The zero-order valence-corrected chi connectivity index (χ0v) is 17.2. The lowest BCUT2D eigenvalue weighted by Crippen LogP contribution is -1.97. The number of benzene rings is 1. The number of rotatable bonds is 4. The Morgan fingerprint density at radius 2 is 1.93 bits per heavy atom. The first-order valence-corrected chi connectivity index (χ1v) is 9.79. The van der Waals surface area contributed by atoms with Crippen LogP contribution >= 0.6 is 23.2 Å². The van der Waals surface area contributed by atoms with Crippen LogP contribution in [0.25, 0.3) is 28.1 Å². The van der Waals surface area contributed by atoms with Gasteiger partial charge in [-0.25, -0.2) is 9.97 Å². The van der Waals surface area contributed by atoms with Crippen molar-refractivity contribution in [2.75, 3.05) is 7.11 Å². The molecule has 5 aromatic rings. The van der Waals surface area contributed by atoms with Crippen LogP contribution < -0.4 is 4.74 Å². The zero-order chi connectivity index (χ0) is 20.8. The van der Waals surface area contributed by atoms with Crippen molar-refractivity contribution < 1.29 is 9.13 Å². The maximum absolute atomic E-state index is 13.4. The van der Waals surface area contributed by atoms with Gasteiger partial charge in [-0.2, -0.15) is 9.37 Å². The Morgan fingerprint density at radius 3 is 2.77 bits per heavy atom. The van der Waals surface area contributed by atoms with Crippen molar-refractivity contribution in [1.82, 2.24) is 24.3 Å². The second kappa shape index (κ2) is 7.27. The van der Waals surface area contributed by atoms with E-state index in [0.717, 1.165) is 22.6 Å². The van der Waals surface area contributed by atoms with E-state index in [2.05, 4.69) is 15.0 Å². The van der Waals surface area contributed by atoms with E-state index in [-0.39, 0.29) is 0 Å². The molecule has 0 spiro atoms. The SMILES string of the molecule is COc1cc(Cl)c(-c2c(Cc3nc4nc(F)ccc4[nH]3)nc3ccccn23)cc1Cl. The summed E-state index contributed by atoms with van der Waals surface area (Å²) in [5.41, 5.74) is 3.98. The fourth-order valence-corrected chi connectivity index (χ4v) is 3.97. The summed E-state index contributed by atoms with van der Waals surface area (Å²) in [6.45, 7) is 0. The molecule has 30 heavy (non-hydrogen) atoms. The van der Waals surface area contributed by atoms with Crippen LogP contribution in [0, 0.1) is 5.95 Å². The monoisotopic (exact) mass is 441 g/mol. The Balaban J connectivity index is 1.68. The van der Waals surface area contributed by atoms with Crippen LogP contribution in [0.5, 0.6) is 5.75 Å². The van der Waals surface area contributed by atoms with Gasteiger partial charge in [0.25, 0.3) is 0 Å². The molecule has 150 valence electrons. The van der Waals surface area contributed by atoms with Gasteiger partial charge in [-0.15, -0.1) is 0 Å². The van der Waals surface area contributed by atoms with Gasteiger partial charge in [0, 0.05) is 17.8 Å². The molecule has 5 rings (SSSR count). The number of methoxy groups -OCH3 is 1. The van der Waals surface area contributed by atoms with Crippen molar-refractivity contribution in [2.24, 2.45) is 0 Å². The number of hydrogen-bond acceptors (Lipinski definition) is 4. The standard InChI is InChI=1S/C21H14Cl2FN5O/c1-30-16-9-12(22)11(8-13(16)23)20-15(26-19-4-2-3-7-29(19)20)10-18-25-14-5-6-17(24)27-21(14)28-18/h2-9H,10H2,1H3,(H,25,27,28). The number of ether oxygens (including phenoxy) is 1. The van der Waals surface area contributed by atoms with Gasteiger partial charge in [0.1, 0.15) is 17.2 Å². The number of H-pyrrole nitrogens is 1. The number of halogens is 3. The summed E-state index contributed by atoms with van der Waals surface area (Å²) >= 11 is 12.9. The van der Waals surface area contributed by atoms with Gasteiger partial charge in [0.15, 0.2) is 5.65 Å². The molecule has 1 N–H and O–H groups in total. The van der Waals surface area contributed by atoms with Gasteiger partial charge < -0.3 is 9.72 Å². The predicted octanol–water partition coefficient (Wildman–Crippen LogP) is 5.32. The van der Waals surface area contributed by atoms with Crippen LogP contribution in [0.1, 0.15) is 11.5 Å². The van der Waals surface area contributed by atoms with E-state index in [9.17, 15) is 4.39 Å². The topological polar surface area (TPSA) is 68.1 Å². The maximum Gasteiger partial charge on any atom is 0.215 e. The highest BCUT2D eigenvalue weighted by Crippen LogP contribution is 2.38. The highest BCUT2D eigenvalue weighted by Gasteiger charge is 2.20. The Kier molecular flexibility index (Phi) is 4.56. The van der Waals surface area contributed by atoms with Gasteiger partial charge >= 0.3 is 0 Å². The molecule has 1 aromatic carbocycles. The Labute approximate surface area is 180 Å². The highest BCUT2D eigenvalue weighted by atomic mass is 35.5. The number of pyridine rings is 2. The minimum Gasteiger partial charge on any atom is -0.495 e. The molecule has 0 fully saturated rings. The third-order valence-electron chi connectivity index (χ3n) is 4.79. The van der Waals surface area contributed by atoms with Crippen LogP contribution in [0.3, 0.4) is 0 Å². The van der Waals surface area contributed by atoms with Gasteiger partial charge in [0.05, 0.1) is 40.5 Å². The molecule has 0 aliphatic carbocycles. The number of fused-ring (bicyclic) bond motifs is 2. The highest BCUT2D eigenvalue weighted by molar-refractivity contribution is 6.36. The zero-order valence-electron chi connectivity index (χ0n) is 15.7. The molecular weight excluding hydrogens is 428 g/mol. The van der Waals surface area contributed by atoms with Crippen molar-refractivity contribution in [3.63, 3.8) is 0 Å². The molecule has 9 heteroatoms. The van der Waals surface area contributed by atoms with Crippen LogP contribution in [0.2, 0.25) is 10.0 Å². The third kappa shape index (κ3) is 3.16. The summed E-state index contributed by atoms with van der Waals surface area (Å²) in [6, 6.07) is 12.1. The number of imidazole rings is 2. The van der Waals surface area contributed by atoms with Crippen molar-refractivity contribution in [1.29, 1.82) is 0 Å². The average Bonchev–Trinajstić information content (AvgIpc) is 3.29. The minimum atomic E-state index is -0.575. The molecule has 4 heterocycles. The first-order valence-electron chi connectivity index (χ1n) is 9.04. The van der Waals surface area contributed by atoms with E-state index in [1.54, 1.807) is 18.2 Å². The van der Waals surface area contributed by atoms with E-state index in [0.29, 0.717) is 39.2 Å². The second-order valence-corrected chi connectivity index (χ2v) is 7.48. The summed E-state index contributed by atoms with van der Waals surface area (Å²) in [4.78, 5) is 16.2. The van der Waals surface area contributed by atoms with Crippen LogP contribution in [0.4, 0.5) is 4.39 Å². The van der Waals surface area contributed by atoms with Crippen LogP contribution in [0.15, 0.2) is 48.7 Å². The molecular formula is C21H14Cl2FN5O. The quantitative estimate of drug-likeness (QED) is 0.383. The van der Waals surface area contributed by atoms with Crippen molar-refractivity contribution in [3.05, 3.63) is 76.2 Å². The summed E-state index contributed by atoms with van der Waals surface area (Å²) in [5.74, 6) is 0.531. The summed E-state index contributed by atoms with van der Waals surface area (Å²) < 4.78 is 20.6. The van der Waals surface area contributed by atoms with Crippen LogP contribution in [-0.2, 0) is 6.42 Å². The van der Waals surface area contributed by atoms with Gasteiger partial charge in [0.2, 0.25) is 5.95 Å². The largest absolute Gasteiger partial charge is 0.495 e. The lowest BCUT2D eigenvalue weighted by Gasteiger charge is -2.10. The second-order valence-electron chi connectivity index (χ2n) is 6.67. The first-order chi connectivity index (χ1) is 14.5. The van der Waals surface area contributed by atoms with E-state index >= 15 is 0 Å². The van der Waals surface area contributed by atoms with E-state index in [1.165, 1.54) is 13.2 Å². The first kappa shape index (κ1) is 18.8. The summed E-state index contributed by atoms with van der Waals surface area (Å²) in [7, 11) is 1.54. The molecule has 0 saturated carbocycles. The van der Waals surface area contributed by atoms with Crippen molar-refractivity contribution in [3.8, 4) is 17.0 Å². The molecule has 0 saturated heterocycles. The lowest BCUT2D eigenvalue weighted by molar-refractivity contribution is 0.415. The third-order valence-corrected chi connectivity index (χ3v) is 5.40. The van der Waals surface area contributed by atoms with E-state index < -0.39 is 5.95 Å². The number of aromatic nitrogens is 5. The minimum absolute atomic E-state index is 0.320. The molecule has 0 aliphatic heterocycles. The summed E-state index contributed by atoms with van der Waals surface area (Å²) in [6.07, 6.45) is 2.28. The number of nitrogens with one attached hydrogen (secondary N) is 1. The van der Waals surface area contributed by atoms with Gasteiger partial charge in [-0.05, 0) is 30.3 Å². The molecule has 0 radical (unpaired) electrons. The van der Waals surface area contributed by atoms with Gasteiger partial charge in [-0.3, -0.25) is 4.40 Å². The van der Waals surface area contributed by atoms with Crippen LogP contribution in [-0.4, -0.2) is 31.4 Å². The number of hydrogen-bond donors (Lipinski definition) is 1. The molecule has 0 amide bonds. The normalized spacial score (nSPS) is 11.5. The van der Waals surface area contributed by atoms with E-state index in [4.69, 9.17) is 32.9 Å². The Hall–Kier alpha value is -3.16. The molecule has 0 aliphatic rings. The fourth-order valence-electron chi connectivity index (χ4n) is 3.48. The predicted molar refractivity (Wildman–Crippen MR) is 114 cm³/mol. The Morgan fingerprint density at radius 1 is 1.07 bits per heavy atom. The maximum atomic E-state index is 13.4. The number of nitrogens with zero attached hydrogens (tertiary/aromatic N) is 4. The average molecular weight is 442 g/mol. The van der Waals surface area contributed by atoms with E-state index in [1.807, 2.05) is 28.8 Å². The molecule has 6 nitrogen and oxygen atoms in total. The van der Waals surface area contributed by atoms with Gasteiger partial charge in [-0.1, -0.05) is 29.3 Å². The molecule has 0 atom stereocenters. The lowest BCUT2D eigenvalue weighted by atomic mass is 10.1. The fraction of sp³-hybridized carbons (Fsp3) is 0.0952. The smallest absolute Gasteiger partial charge is 0.215 e. The molecule has 4 aromatic heterocycles. The molecule has 0 unspecified atom stereocenters. The van der Waals surface area contributed by atoms with Crippen molar-refractivity contribution in [2.45, 2.75) is 6.42 Å². The molecule has 0 bridgehead atoms. The number of aromatic amines is 1. The van der Waals surface area contributed by atoms with Crippen molar-refractivity contribution >= 4 is 40.0 Å². The summed E-state index contributed by atoms with van der Waals surface area (Å²) in [5, 5.41) is 0.925. The Bertz CT molecular complexity index is 1410.